The molecule has 3 rings (SSSR count). The summed E-state index contributed by atoms with van der Waals surface area (Å²) in [7, 11) is 0. The van der Waals surface area contributed by atoms with Crippen molar-refractivity contribution in [3.8, 4) is 17.0 Å². The van der Waals surface area contributed by atoms with E-state index in [4.69, 9.17) is 0 Å². The molecule has 0 saturated carbocycles. The number of aryl methyl sites for hydroxylation is 1. The van der Waals surface area contributed by atoms with Crippen molar-refractivity contribution in [2.24, 2.45) is 0 Å². The third-order valence-corrected chi connectivity index (χ3v) is 3.74. The Hall–Kier alpha value is -3.28. The number of carbonyl (C=O) groups excluding carboxylic acids is 1. The van der Waals surface area contributed by atoms with E-state index in [1.807, 2.05) is 30.3 Å². The first kappa shape index (κ1) is 17.5. The van der Waals surface area contributed by atoms with Gasteiger partial charge < -0.3 is 10.1 Å². The van der Waals surface area contributed by atoms with Crippen LogP contribution in [0.2, 0.25) is 0 Å². The second kappa shape index (κ2) is 7.74. The molecule has 0 bridgehead atoms. The zero-order valence-electron chi connectivity index (χ0n) is 13.9. The van der Waals surface area contributed by atoms with E-state index in [0.717, 1.165) is 11.3 Å². The lowest BCUT2D eigenvalue weighted by Gasteiger charge is -2.10. The molecule has 1 N–H and O–H groups in total. The molecule has 3 aromatic rings. The topological polar surface area (TPSA) is 51.2 Å². The second-order valence-electron chi connectivity index (χ2n) is 5.55. The number of benzene rings is 2. The highest BCUT2D eigenvalue weighted by atomic mass is 19.3. The van der Waals surface area contributed by atoms with Gasteiger partial charge in [0.25, 0.3) is 5.91 Å². The van der Waals surface area contributed by atoms with Crippen LogP contribution in [0.1, 0.15) is 16.1 Å². The van der Waals surface area contributed by atoms with Crippen molar-refractivity contribution in [3.05, 3.63) is 78.0 Å². The highest BCUT2D eigenvalue weighted by molar-refractivity contribution is 6.05. The molecular formula is C20H16F2N2O2. The second-order valence-corrected chi connectivity index (χ2v) is 5.55. The monoisotopic (exact) mass is 354 g/mol. The highest BCUT2D eigenvalue weighted by Crippen LogP contribution is 2.21. The van der Waals surface area contributed by atoms with Gasteiger partial charge in [0.05, 0.1) is 17.0 Å². The quantitative estimate of drug-likeness (QED) is 0.708. The van der Waals surface area contributed by atoms with Crippen LogP contribution in [0.15, 0.2) is 66.7 Å². The largest absolute Gasteiger partial charge is 0.435 e. The van der Waals surface area contributed by atoms with E-state index in [1.165, 1.54) is 24.3 Å². The normalized spacial score (nSPS) is 10.6. The number of amides is 1. The molecule has 1 aromatic heterocycles. The number of pyridine rings is 1. The maximum Gasteiger partial charge on any atom is 0.387 e. The maximum atomic E-state index is 12.4. The molecule has 4 nitrogen and oxygen atoms in total. The molecule has 0 aliphatic carbocycles. The van der Waals surface area contributed by atoms with Gasteiger partial charge in [0.15, 0.2) is 0 Å². The lowest BCUT2D eigenvalue weighted by molar-refractivity contribution is -0.0498. The summed E-state index contributed by atoms with van der Waals surface area (Å²) < 4.78 is 28.6. The van der Waals surface area contributed by atoms with Crippen LogP contribution < -0.4 is 10.1 Å². The minimum atomic E-state index is -2.88. The number of aromatic nitrogens is 1. The molecule has 0 unspecified atom stereocenters. The summed E-state index contributed by atoms with van der Waals surface area (Å²) >= 11 is 0. The molecule has 0 saturated heterocycles. The first-order valence-electron chi connectivity index (χ1n) is 7.92. The van der Waals surface area contributed by atoms with Gasteiger partial charge in [-0.3, -0.25) is 9.78 Å². The Morgan fingerprint density at radius 3 is 2.31 bits per heavy atom. The van der Waals surface area contributed by atoms with Crippen LogP contribution in [-0.2, 0) is 0 Å². The Morgan fingerprint density at radius 2 is 1.69 bits per heavy atom. The zero-order chi connectivity index (χ0) is 18.5. The number of hydrogen-bond donors (Lipinski definition) is 1. The van der Waals surface area contributed by atoms with Crippen LogP contribution in [0.25, 0.3) is 11.3 Å². The summed E-state index contributed by atoms with van der Waals surface area (Å²) in [6, 6.07) is 18.9. The van der Waals surface area contributed by atoms with Crippen molar-refractivity contribution in [1.29, 1.82) is 0 Å². The summed E-state index contributed by atoms with van der Waals surface area (Å²) in [5.74, 6) is -0.291. The van der Waals surface area contributed by atoms with Crippen molar-refractivity contribution in [1.82, 2.24) is 4.98 Å². The van der Waals surface area contributed by atoms with Gasteiger partial charge in [0.2, 0.25) is 0 Å². The molecule has 132 valence electrons. The number of alkyl halides is 2. The zero-order valence-corrected chi connectivity index (χ0v) is 13.9. The van der Waals surface area contributed by atoms with Gasteiger partial charge in [0, 0.05) is 11.3 Å². The Bertz CT molecular complexity index is 897. The molecule has 1 heterocycles. The van der Waals surface area contributed by atoms with Crippen molar-refractivity contribution in [3.63, 3.8) is 0 Å². The van der Waals surface area contributed by atoms with Gasteiger partial charge in [0.1, 0.15) is 5.75 Å². The van der Waals surface area contributed by atoms with Crippen LogP contribution in [0.5, 0.6) is 5.75 Å². The molecule has 1 amide bonds. The van der Waals surface area contributed by atoms with Gasteiger partial charge >= 0.3 is 6.61 Å². The Labute approximate surface area is 149 Å². The Balaban J connectivity index is 1.74. The molecular weight excluding hydrogens is 338 g/mol. The van der Waals surface area contributed by atoms with Crippen molar-refractivity contribution >= 4 is 11.6 Å². The average molecular weight is 354 g/mol. The van der Waals surface area contributed by atoms with Gasteiger partial charge in [-0.2, -0.15) is 8.78 Å². The van der Waals surface area contributed by atoms with E-state index >= 15 is 0 Å². The molecule has 0 aliphatic heterocycles. The number of anilines is 1. The molecule has 0 fully saturated rings. The molecule has 6 heteroatoms. The summed E-state index contributed by atoms with van der Waals surface area (Å²) in [6.07, 6.45) is 0. The molecule has 0 aliphatic rings. The Kier molecular flexibility index (Phi) is 5.22. The van der Waals surface area contributed by atoms with Crippen LogP contribution in [-0.4, -0.2) is 17.5 Å². The number of halogens is 2. The molecule has 0 radical (unpaired) electrons. The number of rotatable bonds is 5. The van der Waals surface area contributed by atoms with Crippen LogP contribution >= 0.6 is 0 Å². The molecule has 2 aromatic carbocycles. The standard InChI is InChI=1S/C20H16F2N2O2/c1-13-17(11-12-18(23-13)14-5-3-2-4-6-14)19(25)24-15-7-9-16(10-8-15)26-20(21)22/h2-12,20H,1H3,(H,24,25). The third-order valence-electron chi connectivity index (χ3n) is 3.74. The summed E-state index contributed by atoms with van der Waals surface area (Å²) in [6.45, 7) is -1.12. The maximum absolute atomic E-state index is 12.4. The predicted octanol–water partition coefficient (Wildman–Crippen LogP) is 4.91. The molecule has 26 heavy (non-hydrogen) atoms. The number of hydrogen-bond acceptors (Lipinski definition) is 3. The van der Waals surface area contributed by atoms with Crippen LogP contribution in [0.3, 0.4) is 0 Å². The van der Waals surface area contributed by atoms with E-state index in [1.54, 1.807) is 19.1 Å². The molecule has 0 atom stereocenters. The SMILES string of the molecule is Cc1nc(-c2ccccc2)ccc1C(=O)Nc1ccc(OC(F)F)cc1. The lowest BCUT2D eigenvalue weighted by Crippen LogP contribution is -2.14. The number of nitrogens with zero attached hydrogens (tertiary/aromatic N) is 1. The number of ether oxygens (including phenoxy) is 1. The van der Waals surface area contributed by atoms with Crippen molar-refractivity contribution in [2.75, 3.05) is 5.32 Å². The lowest BCUT2D eigenvalue weighted by atomic mass is 10.1. The fraction of sp³-hybridized carbons (Fsp3) is 0.100. The van der Waals surface area contributed by atoms with E-state index in [-0.39, 0.29) is 11.7 Å². The van der Waals surface area contributed by atoms with Crippen molar-refractivity contribution < 1.29 is 18.3 Å². The summed E-state index contributed by atoms with van der Waals surface area (Å²) in [5.41, 5.74) is 3.27. The minimum absolute atomic E-state index is 0.0306. The molecule has 0 spiro atoms. The first-order chi connectivity index (χ1) is 12.5. The van der Waals surface area contributed by atoms with Gasteiger partial charge in [-0.05, 0) is 43.3 Å². The Morgan fingerprint density at radius 1 is 1.00 bits per heavy atom. The van der Waals surface area contributed by atoms with Crippen LogP contribution in [0.4, 0.5) is 14.5 Å². The predicted molar refractivity (Wildman–Crippen MR) is 95.4 cm³/mol. The van der Waals surface area contributed by atoms with E-state index in [0.29, 0.717) is 16.9 Å². The van der Waals surface area contributed by atoms with E-state index in [2.05, 4.69) is 15.0 Å². The summed E-state index contributed by atoms with van der Waals surface area (Å²) in [4.78, 5) is 16.9. The van der Waals surface area contributed by atoms with E-state index < -0.39 is 6.61 Å². The average Bonchev–Trinajstić information content (AvgIpc) is 2.63. The van der Waals surface area contributed by atoms with Gasteiger partial charge in [-0.25, -0.2) is 0 Å². The first-order valence-corrected chi connectivity index (χ1v) is 7.92. The number of nitrogens with one attached hydrogen (secondary N) is 1. The minimum Gasteiger partial charge on any atom is -0.435 e. The third kappa shape index (κ3) is 4.22. The van der Waals surface area contributed by atoms with Crippen molar-refractivity contribution in [2.45, 2.75) is 13.5 Å². The highest BCUT2D eigenvalue weighted by Gasteiger charge is 2.12. The fourth-order valence-corrected chi connectivity index (χ4v) is 2.49. The summed E-state index contributed by atoms with van der Waals surface area (Å²) in [5, 5.41) is 2.72. The fourth-order valence-electron chi connectivity index (χ4n) is 2.49. The van der Waals surface area contributed by atoms with Crippen LogP contribution in [0, 0.1) is 6.92 Å². The van der Waals surface area contributed by atoms with Gasteiger partial charge in [-0.1, -0.05) is 30.3 Å². The smallest absolute Gasteiger partial charge is 0.387 e. The number of carbonyl (C=O) groups is 1. The van der Waals surface area contributed by atoms with Gasteiger partial charge in [-0.15, -0.1) is 0 Å². The van der Waals surface area contributed by atoms with E-state index in [9.17, 15) is 13.6 Å².